The molecule has 2 aromatic heterocycles. The van der Waals surface area contributed by atoms with Gasteiger partial charge < -0.3 is 0 Å². The molecule has 5 nitrogen and oxygen atoms in total. The molecule has 0 atom stereocenters. The Morgan fingerprint density at radius 1 is 1.29 bits per heavy atom. The summed E-state index contributed by atoms with van der Waals surface area (Å²) >= 11 is 0. The molecule has 0 radical (unpaired) electrons. The highest BCUT2D eigenvalue weighted by Gasteiger charge is 2.15. The largest absolute Gasteiger partial charge is 0.281 e. The van der Waals surface area contributed by atoms with Crippen LogP contribution in [0.25, 0.3) is 11.0 Å². The van der Waals surface area contributed by atoms with Crippen molar-refractivity contribution in [1.29, 1.82) is 5.41 Å². The van der Waals surface area contributed by atoms with Gasteiger partial charge in [0.25, 0.3) is 0 Å². The lowest BCUT2D eigenvalue weighted by Gasteiger charge is -2.04. The Kier molecular flexibility index (Phi) is 3.27. The van der Waals surface area contributed by atoms with Gasteiger partial charge >= 0.3 is 0 Å². The number of nitrogens with zero attached hydrogens (tertiary/aromatic N) is 4. The maximum atomic E-state index is 13.8. The second-order valence-electron chi connectivity index (χ2n) is 4.48. The Hall–Kier alpha value is -2.89. The Labute approximate surface area is 120 Å². The van der Waals surface area contributed by atoms with Crippen LogP contribution in [0.3, 0.4) is 0 Å². The number of hydrogen-bond donors (Lipinski definition) is 1. The summed E-state index contributed by atoms with van der Waals surface area (Å²) in [5.74, 6) is -0.323. The first-order chi connectivity index (χ1) is 10.2. The van der Waals surface area contributed by atoms with Crippen LogP contribution in [0.1, 0.15) is 11.3 Å². The highest BCUT2D eigenvalue weighted by Crippen LogP contribution is 2.19. The van der Waals surface area contributed by atoms with Crippen molar-refractivity contribution in [2.45, 2.75) is 6.54 Å². The van der Waals surface area contributed by atoms with Gasteiger partial charge in [-0.15, -0.1) is 0 Å². The van der Waals surface area contributed by atoms with Gasteiger partial charge in [-0.1, -0.05) is 18.2 Å². The molecule has 2 heterocycles. The predicted molar refractivity (Wildman–Crippen MR) is 79.4 cm³/mol. The molecule has 1 aromatic carbocycles. The van der Waals surface area contributed by atoms with Crippen LogP contribution >= 0.6 is 0 Å². The van der Waals surface area contributed by atoms with Gasteiger partial charge in [0.15, 0.2) is 11.5 Å². The molecule has 3 aromatic rings. The van der Waals surface area contributed by atoms with E-state index in [1.807, 2.05) is 6.07 Å². The maximum Gasteiger partial charge on any atom is 0.172 e. The number of aliphatic imine (C=N–C) groups is 1. The summed E-state index contributed by atoms with van der Waals surface area (Å²) in [6, 6.07) is 10.1. The van der Waals surface area contributed by atoms with Crippen molar-refractivity contribution in [2.24, 2.45) is 4.99 Å². The minimum atomic E-state index is -0.296. The topological polar surface area (TPSA) is 66.9 Å². The number of halogens is 1. The Morgan fingerprint density at radius 3 is 2.86 bits per heavy atom. The molecule has 0 aliphatic rings. The van der Waals surface area contributed by atoms with E-state index >= 15 is 0 Å². The van der Waals surface area contributed by atoms with E-state index in [-0.39, 0.29) is 18.2 Å². The van der Waals surface area contributed by atoms with E-state index in [0.29, 0.717) is 22.3 Å². The zero-order chi connectivity index (χ0) is 14.8. The molecule has 0 aliphatic carbocycles. The zero-order valence-electron chi connectivity index (χ0n) is 11.1. The number of pyridine rings is 1. The third-order valence-corrected chi connectivity index (χ3v) is 3.17. The van der Waals surface area contributed by atoms with Crippen molar-refractivity contribution in [1.82, 2.24) is 14.8 Å². The molecule has 104 valence electrons. The molecule has 0 unspecified atom stereocenters. The molecule has 3 rings (SSSR count). The number of amidine groups is 1. The van der Waals surface area contributed by atoms with Gasteiger partial charge in [0, 0.05) is 11.8 Å². The number of rotatable bonds is 3. The molecular weight excluding hydrogens is 269 g/mol. The summed E-state index contributed by atoms with van der Waals surface area (Å²) in [6.07, 6.45) is 1.64. The van der Waals surface area contributed by atoms with Crippen molar-refractivity contribution in [3.05, 3.63) is 59.7 Å². The van der Waals surface area contributed by atoms with Crippen LogP contribution in [0.15, 0.2) is 47.6 Å². The minimum Gasteiger partial charge on any atom is -0.281 e. The van der Waals surface area contributed by atoms with E-state index in [0.717, 1.165) is 0 Å². The summed E-state index contributed by atoms with van der Waals surface area (Å²) in [5.41, 5.74) is 1.49. The summed E-state index contributed by atoms with van der Waals surface area (Å²) in [7, 11) is 0. The molecule has 21 heavy (non-hydrogen) atoms. The lowest BCUT2D eigenvalue weighted by atomic mass is 10.2. The van der Waals surface area contributed by atoms with Gasteiger partial charge in [0.05, 0.1) is 11.9 Å². The van der Waals surface area contributed by atoms with Crippen LogP contribution in [0.5, 0.6) is 0 Å². The number of aromatic nitrogens is 3. The van der Waals surface area contributed by atoms with E-state index in [4.69, 9.17) is 5.41 Å². The molecular formula is C15H12FN5. The molecule has 1 N–H and O–H groups in total. The monoisotopic (exact) mass is 281 g/mol. The van der Waals surface area contributed by atoms with Gasteiger partial charge in [-0.25, -0.2) is 19.0 Å². The first-order valence-electron chi connectivity index (χ1n) is 6.31. The summed E-state index contributed by atoms with van der Waals surface area (Å²) in [5, 5.41) is 12.8. The minimum absolute atomic E-state index is 0.0275. The van der Waals surface area contributed by atoms with Crippen molar-refractivity contribution >= 4 is 23.6 Å². The van der Waals surface area contributed by atoms with Crippen LogP contribution < -0.4 is 0 Å². The lowest BCUT2D eigenvalue weighted by molar-refractivity contribution is 0.589. The van der Waals surface area contributed by atoms with Crippen LogP contribution in [0.2, 0.25) is 0 Å². The Balaban J connectivity index is 2.13. The van der Waals surface area contributed by atoms with E-state index < -0.39 is 0 Å². The SMILES string of the molecule is C=NC(=N)c1nn(Cc2ccccc2F)c2ncccc12. The third kappa shape index (κ3) is 2.31. The fourth-order valence-electron chi connectivity index (χ4n) is 2.16. The van der Waals surface area contributed by atoms with E-state index in [1.54, 1.807) is 35.1 Å². The van der Waals surface area contributed by atoms with Gasteiger partial charge in [-0.3, -0.25) is 5.41 Å². The Morgan fingerprint density at radius 2 is 2.10 bits per heavy atom. The Bertz CT molecular complexity index is 837. The molecule has 0 saturated heterocycles. The predicted octanol–water partition coefficient (Wildman–Crippen LogP) is 2.64. The second-order valence-corrected chi connectivity index (χ2v) is 4.48. The number of benzene rings is 1. The smallest absolute Gasteiger partial charge is 0.172 e. The van der Waals surface area contributed by atoms with Crippen molar-refractivity contribution in [3.8, 4) is 0 Å². The van der Waals surface area contributed by atoms with Gasteiger partial charge in [0.2, 0.25) is 0 Å². The normalized spacial score (nSPS) is 10.7. The standard InChI is InChI=1S/C15H12FN5/c1-18-14(17)13-11-6-4-8-19-15(11)21(20-13)9-10-5-2-3-7-12(10)16/h2-8,17H,1,9H2. The first-order valence-corrected chi connectivity index (χ1v) is 6.31. The fraction of sp³-hybridized carbons (Fsp3) is 0.0667. The van der Waals surface area contributed by atoms with Crippen LogP contribution in [-0.2, 0) is 6.54 Å². The lowest BCUT2D eigenvalue weighted by Crippen LogP contribution is -2.06. The van der Waals surface area contributed by atoms with E-state index in [9.17, 15) is 4.39 Å². The second kappa shape index (κ2) is 5.24. The number of nitrogens with one attached hydrogen (secondary N) is 1. The molecule has 6 heteroatoms. The third-order valence-electron chi connectivity index (χ3n) is 3.17. The van der Waals surface area contributed by atoms with Crippen LogP contribution in [-0.4, -0.2) is 27.3 Å². The van der Waals surface area contributed by atoms with Crippen molar-refractivity contribution in [2.75, 3.05) is 0 Å². The highest BCUT2D eigenvalue weighted by molar-refractivity contribution is 6.07. The number of fused-ring (bicyclic) bond motifs is 1. The molecule has 0 spiro atoms. The highest BCUT2D eigenvalue weighted by atomic mass is 19.1. The zero-order valence-corrected chi connectivity index (χ0v) is 11.1. The average Bonchev–Trinajstić information content (AvgIpc) is 2.88. The van der Waals surface area contributed by atoms with Gasteiger partial charge in [-0.05, 0) is 24.9 Å². The van der Waals surface area contributed by atoms with Crippen molar-refractivity contribution < 1.29 is 4.39 Å². The van der Waals surface area contributed by atoms with Crippen LogP contribution in [0, 0.1) is 11.2 Å². The first kappa shape index (κ1) is 13.1. The number of hydrogen-bond acceptors (Lipinski definition) is 3. The maximum absolute atomic E-state index is 13.8. The summed E-state index contributed by atoms with van der Waals surface area (Å²) < 4.78 is 15.3. The van der Waals surface area contributed by atoms with E-state index in [1.165, 1.54) is 6.07 Å². The van der Waals surface area contributed by atoms with Crippen LogP contribution in [0.4, 0.5) is 4.39 Å². The molecule has 0 saturated carbocycles. The average molecular weight is 281 g/mol. The molecule has 0 amide bonds. The molecule has 0 aliphatic heterocycles. The van der Waals surface area contributed by atoms with Gasteiger partial charge in [0.1, 0.15) is 11.5 Å². The summed E-state index contributed by atoms with van der Waals surface area (Å²) in [4.78, 5) is 7.87. The molecule has 0 bridgehead atoms. The fourth-order valence-corrected chi connectivity index (χ4v) is 2.16. The summed E-state index contributed by atoms with van der Waals surface area (Å²) in [6.45, 7) is 3.59. The van der Waals surface area contributed by atoms with Gasteiger partial charge in [-0.2, -0.15) is 5.10 Å². The molecule has 0 fully saturated rings. The quantitative estimate of drug-likeness (QED) is 0.592. The van der Waals surface area contributed by atoms with E-state index in [2.05, 4.69) is 21.8 Å². The van der Waals surface area contributed by atoms with Crippen molar-refractivity contribution in [3.63, 3.8) is 0 Å².